The molecule has 3 N–H and O–H groups in total. The van der Waals surface area contributed by atoms with Crippen molar-refractivity contribution in [2.75, 3.05) is 11.6 Å². The van der Waals surface area contributed by atoms with Crippen LogP contribution in [0.1, 0.15) is 45.1 Å². The number of benzene rings is 2. The molecule has 2 heterocycles. The zero-order valence-corrected chi connectivity index (χ0v) is 18.4. The van der Waals surface area contributed by atoms with Gasteiger partial charge in [0, 0.05) is 35.4 Å². The topological polar surface area (TPSA) is 90.0 Å². The summed E-state index contributed by atoms with van der Waals surface area (Å²) in [5.41, 5.74) is 9.97. The molecule has 0 saturated heterocycles. The molecule has 0 saturated carbocycles. The first-order valence-electron chi connectivity index (χ1n) is 9.64. The number of fused-ring (bicyclic) bond motifs is 1. The van der Waals surface area contributed by atoms with Crippen LogP contribution in [0.2, 0.25) is 0 Å². The molecule has 6 nitrogen and oxygen atoms in total. The largest absolute Gasteiger partial charge is 0.366 e. The number of aryl methyl sites for hydroxylation is 3. The molecule has 1 atom stereocenters. The maximum absolute atomic E-state index is 11.9. The van der Waals surface area contributed by atoms with Crippen LogP contribution in [-0.4, -0.2) is 27.9 Å². The maximum atomic E-state index is 11.9. The number of nitrogens with two attached hydrogens (primary N) is 1. The molecule has 0 fully saturated rings. The highest BCUT2D eigenvalue weighted by Crippen LogP contribution is 2.39. The van der Waals surface area contributed by atoms with Gasteiger partial charge in [-0.05, 0) is 49.9 Å². The van der Waals surface area contributed by atoms with Gasteiger partial charge in [0.2, 0.25) is 11.8 Å². The molecule has 7 heteroatoms. The molecule has 30 heavy (non-hydrogen) atoms. The van der Waals surface area contributed by atoms with E-state index in [4.69, 9.17) is 5.73 Å². The third-order valence-corrected chi connectivity index (χ3v) is 5.83. The fraction of sp³-hybridized carbons (Fsp3) is 0.261. The van der Waals surface area contributed by atoms with Crippen LogP contribution >= 0.6 is 11.8 Å². The van der Waals surface area contributed by atoms with E-state index in [0.29, 0.717) is 12.0 Å². The molecule has 0 aliphatic carbocycles. The summed E-state index contributed by atoms with van der Waals surface area (Å²) < 4.78 is 1.75. The fourth-order valence-corrected chi connectivity index (χ4v) is 4.04. The van der Waals surface area contributed by atoms with E-state index in [9.17, 15) is 9.59 Å². The van der Waals surface area contributed by atoms with E-state index in [0.717, 1.165) is 22.6 Å². The van der Waals surface area contributed by atoms with Crippen LogP contribution in [0.5, 0.6) is 0 Å². The molecule has 156 valence electrons. The van der Waals surface area contributed by atoms with E-state index >= 15 is 0 Å². The van der Waals surface area contributed by atoms with Crippen molar-refractivity contribution in [3.8, 4) is 0 Å². The first-order valence-corrected chi connectivity index (χ1v) is 10.9. The highest BCUT2D eigenvalue weighted by atomic mass is 32.2. The summed E-state index contributed by atoms with van der Waals surface area (Å²) in [5, 5.41) is 7.36. The average Bonchev–Trinajstić information content (AvgIpc) is 3.01. The van der Waals surface area contributed by atoms with Crippen molar-refractivity contribution >= 4 is 29.4 Å². The lowest BCUT2D eigenvalue weighted by atomic mass is 9.86. The number of nitrogens with one attached hydrogen (secondary N) is 1. The van der Waals surface area contributed by atoms with E-state index < -0.39 is 0 Å². The Labute approximate surface area is 180 Å². The molecule has 3 aromatic rings. The van der Waals surface area contributed by atoms with Gasteiger partial charge in [-0.2, -0.15) is 5.10 Å². The maximum Gasteiger partial charge on any atom is 0.248 e. The molecule has 0 spiro atoms. The molecular weight excluding hydrogens is 396 g/mol. The minimum absolute atomic E-state index is 0.0550. The number of hydrogen-bond acceptors (Lipinski definition) is 4. The van der Waals surface area contributed by atoms with Crippen molar-refractivity contribution in [3.05, 3.63) is 76.5 Å². The summed E-state index contributed by atoms with van der Waals surface area (Å²) in [4.78, 5) is 23.7. The van der Waals surface area contributed by atoms with Gasteiger partial charge < -0.3 is 11.1 Å². The molecule has 2 amide bonds. The van der Waals surface area contributed by atoms with E-state index in [1.54, 1.807) is 28.6 Å². The van der Waals surface area contributed by atoms with Crippen molar-refractivity contribution < 1.29 is 9.59 Å². The van der Waals surface area contributed by atoms with Gasteiger partial charge in [-0.1, -0.05) is 29.8 Å². The molecule has 1 unspecified atom stereocenters. The molecule has 2 aromatic carbocycles. The van der Waals surface area contributed by atoms with E-state index in [-0.39, 0.29) is 17.7 Å². The second kappa shape index (κ2) is 9.17. The molecule has 1 aliphatic heterocycles. The number of aromatic nitrogens is 2. The SMILES string of the molecule is CSc1ccc(C2CC(=O)Nc3c2c(C)nn3C)cc1.Cc1cccc(C(N)=O)c1. The number of carbonyl (C=O) groups is 2. The molecule has 1 aromatic heterocycles. The molecule has 4 rings (SSSR count). The number of rotatable bonds is 3. The van der Waals surface area contributed by atoms with E-state index in [1.807, 2.05) is 33.0 Å². The molecule has 1 aliphatic rings. The summed E-state index contributed by atoms with van der Waals surface area (Å²) in [6, 6.07) is 15.7. The number of nitrogens with zero attached hydrogens (tertiary/aromatic N) is 2. The second-order valence-corrected chi connectivity index (χ2v) is 8.16. The highest BCUT2D eigenvalue weighted by molar-refractivity contribution is 7.98. The van der Waals surface area contributed by atoms with Crippen LogP contribution < -0.4 is 11.1 Å². The van der Waals surface area contributed by atoms with Gasteiger partial charge in [0.05, 0.1) is 5.69 Å². The number of hydrogen-bond donors (Lipinski definition) is 2. The van der Waals surface area contributed by atoms with Gasteiger partial charge in [0.1, 0.15) is 5.82 Å². The minimum Gasteiger partial charge on any atom is -0.366 e. The lowest BCUT2D eigenvalue weighted by Crippen LogP contribution is -2.24. The Hall–Kier alpha value is -3.06. The number of primary amides is 1. The Balaban J connectivity index is 0.000000216. The standard InChI is InChI=1S/C15H17N3OS.C8H9NO/c1-9-14-12(10-4-6-11(20-3)7-5-10)8-13(19)16-15(14)18(2)17-9;1-6-3-2-4-7(5-6)8(9)10/h4-7,12H,8H2,1-3H3,(H,16,19);2-5H,1H3,(H2,9,10). The van der Waals surface area contributed by atoms with Gasteiger partial charge >= 0.3 is 0 Å². The zero-order chi connectivity index (χ0) is 21.8. The van der Waals surface area contributed by atoms with Gasteiger partial charge in [0.25, 0.3) is 0 Å². The van der Waals surface area contributed by atoms with Gasteiger partial charge in [-0.25, -0.2) is 0 Å². The Morgan fingerprint density at radius 2 is 1.90 bits per heavy atom. The quantitative estimate of drug-likeness (QED) is 0.624. The summed E-state index contributed by atoms with van der Waals surface area (Å²) in [6.07, 6.45) is 2.55. The highest BCUT2D eigenvalue weighted by Gasteiger charge is 2.31. The summed E-state index contributed by atoms with van der Waals surface area (Å²) in [6.45, 7) is 3.92. The number of carbonyl (C=O) groups excluding carboxylic acids is 2. The van der Waals surface area contributed by atoms with Crippen molar-refractivity contribution in [1.29, 1.82) is 0 Å². The van der Waals surface area contributed by atoms with Gasteiger partial charge in [-0.15, -0.1) is 11.8 Å². The van der Waals surface area contributed by atoms with Crippen LogP contribution in [0, 0.1) is 13.8 Å². The summed E-state index contributed by atoms with van der Waals surface area (Å²) in [7, 11) is 1.87. The van der Waals surface area contributed by atoms with Crippen LogP contribution in [-0.2, 0) is 11.8 Å². The van der Waals surface area contributed by atoms with Gasteiger partial charge in [-0.3, -0.25) is 14.3 Å². The lowest BCUT2D eigenvalue weighted by molar-refractivity contribution is -0.116. The molecular formula is C23H26N4O2S. The second-order valence-electron chi connectivity index (χ2n) is 7.28. The Kier molecular flexibility index (Phi) is 6.62. The Morgan fingerprint density at radius 1 is 1.20 bits per heavy atom. The summed E-state index contributed by atoms with van der Waals surface area (Å²) in [5.74, 6) is 0.615. The van der Waals surface area contributed by atoms with E-state index in [2.05, 4.69) is 40.9 Å². The smallest absolute Gasteiger partial charge is 0.248 e. The Bertz CT molecular complexity index is 1070. The van der Waals surface area contributed by atoms with Crippen molar-refractivity contribution in [2.45, 2.75) is 31.1 Å². The lowest BCUT2D eigenvalue weighted by Gasteiger charge is -2.24. The average molecular weight is 423 g/mol. The van der Waals surface area contributed by atoms with Gasteiger partial charge in [0.15, 0.2) is 0 Å². The number of amides is 2. The first kappa shape index (κ1) is 21.6. The number of anilines is 1. The Morgan fingerprint density at radius 3 is 2.47 bits per heavy atom. The third-order valence-electron chi connectivity index (χ3n) is 5.09. The monoisotopic (exact) mass is 422 g/mol. The predicted molar refractivity (Wildman–Crippen MR) is 121 cm³/mol. The first-order chi connectivity index (χ1) is 14.3. The zero-order valence-electron chi connectivity index (χ0n) is 17.6. The van der Waals surface area contributed by atoms with E-state index in [1.165, 1.54) is 10.5 Å². The van der Waals surface area contributed by atoms with Crippen LogP contribution in [0.15, 0.2) is 53.4 Å². The minimum atomic E-state index is -0.372. The fourth-order valence-electron chi connectivity index (χ4n) is 3.63. The summed E-state index contributed by atoms with van der Waals surface area (Å²) >= 11 is 1.72. The van der Waals surface area contributed by atoms with Crippen LogP contribution in [0.25, 0.3) is 0 Å². The van der Waals surface area contributed by atoms with Crippen LogP contribution in [0.3, 0.4) is 0 Å². The van der Waals surface area contributed by atoms with Crippen molar-refractivity contribution in [2.24, 2.45) is 12.8 Å². The van der Waals surface area contributed by atoms with Crippen LogP contribution in [0.4, 0.5) is 5.82 Å². The van der Waals surface area contributed by atoms with Crippen molar-refractivity contribution in [3.63, 3.8) is 0 Å². The molecule has 0 radical (unpaired) electrons. The predicted octanol–water partition coefficient (Wildman–Crippen LogP) is 4.02. The normalized spacial score (nSPS) is 14.9. The van der Waals surface area contributed by atoms with Crippen molar-refractivity contribution in [1.82, 2.24) is 9.78 Å². The number of thioether (sulfide) groups is 1. The molecule has 0 bridgehead atoms. The third kappa shape index (κ3) is 4.74.